The molecule has 3 aromatic carbocycles. The lowest BCUT2D eigenvalue weighted by atomic mass is 9.98. The molecule has 0 bridgehead atoms. The molecule has 1 aliphatic heterocycles. The van der Waals surface area contributed by atoms with E-state index in [-0.39, 0.29) is 37.4 Å². The first-order valence-corrected chi connectivity index (χ1v) is 16.7. The number of benzene rings is 3. The van der Waals surface area contributed by atoms with Gasteiger partial charge in [0.05, 0.1) is 36.0 Å². The number of nitrogens with zero attached hydrogens (tertiary/aromatic N) is 1. The average molecular weight is 705 g/mol. The molecule has 0 aliphatic carbocycles. The minimum atomic E-state index is -0.725. The van der Waals surface area contributed by atoms with Crippen molar-refractivity contribution in [1.29, 1.82) is 0 Å². The monoisotopic (exact) mass is 703 g/mol. The van der Waals surface area contributed by atoms with Gasteiger partial charge in [-0.1, -0.05) is 42.5 Å². The van der Waals surface area contributed by atoms with E-state index >= 15 is 0 Å². The zero-order valence-corrected chi connectivity index (χ0v) is 28.5. The molecule has 11 heteroatoms. The summed E-state index contributed by atoms with van der Waals surface area (Å²) in [5.41, 5.74) is 5.06. The molecule has 0 fully saturated rings. The Morgan fingerprint density at radius 3 is 2.53 bits per heavy atom. The topological polar surface area (TPSA) is 147 Å². The van der Waals surface area contributed by atoms with Gasteiger partial charge in [-0.25, -0.2) is 0 Å². The first kappa shape index (κ1) is 34.3. The Labute approximate surface area is 283 Å². The maximum Gasteiger partial charge on any atom is 0.251 e. The molecule has 1 aromatic heterocycles. The van der Waals surface area contributed by atoms with E-state index in [0.717, 1.165) is 43.4 Å². The highest BCUT2D eigenvalue weighted by atomic mass is 79.9. The highest BCUT2D eigenvalue weighted by molar-refractivity contribution is 9.10. The molecule has 3 amide bonds. The van der Waals surface area contributed by atoms with E-state index in [1.807, 2.05) is 81.4 Å². The first-order chi connectivity index (χ1) is 22.5. The third-order valence-electron chi connectivity index (χ3n) is 8.44. The van der Waals surface area contributed by atoms with Crippen molar-refractivity contribution < 1.29 is 24.6 Å². The lowest BCUT2D eigenvalue weighted by molar-refractivity contribution is -0.128. The average Bonchev–Trinajstić information content (AvgIpc) is 3.32. The first-order valence-electron chi connectivity index (χ1n) is 15.9. The van der Waals surface area contributed by atoms with Crippen molar-refractivity contribution in [1.82, 2.24) is 20.9 Å². The van der Waals surface area contributed by atoms with E-state index in [1.165, 1.54) is 0 Å². The third kappa shape index (κ3) is 7.76. The number of hydrogen-bond donors (Lipinski definition) is 6. The minimum Gasteiger partial charge on any atom is -0.395 e. The van der Waals surface area contributed by atoms with Crippen LogP contribution in [-0.4, -0.2) is 70.3 Å². The van der Waals surface area contributed by atoms with Gasteiger partial charge in [-0.15, -0.1) is 0 Å². The van der Waals surface area contributed by atoms with Crippen LogP contribution >= 0.6 is 15.9 Å². The maximum absolute atomic E-state index is 14.1. The Hall–Kier alpha value is -4.03. The lowest BCUT2D eigenvalue weighted by Crippen LogP contribution is -2.53. The SMILES string of the molecule is CCNC(=O)c1ccccc1-c1[nH]c2ccc(CN3C(=O)C(NC(=O)CC(C)(C)NC(CO)CO)CCc4ccccc43)cc2c1Br. The second-order valence-corrected chi connectivity index (χ2v) is 13.4. The largest absolute Gasteiger partial charge is 0.395 e. The van der Waals surface area contributed by atoms with E-state index in [2.05, 4.69) is 36.9 Å². The van der Waals surface area contributed by atoms with Gasteiger partial charge in [0, 0.05) is 46.2 Å². The van der Waals surface area contributed by atoms with Crippen LogP contribution in [0.25, 0.3) is 22.2 Å². The van der Waals surface area contributed by atoms with Crippen LogP contribution in [0.2, 0.25) is 0 Å². The molecular weight excluding hydrogens is 662 g/mol. The number of amides is 3. The van der Waals surface area contributed by atoms with Crippen LogP contribution in [0, 0.1) is 0 Å². The van der Waals surface area contributed by atoms with Crippen LogP contribution in [0.1, 0.15) is 55.1 Å². The number of aliphatic hydroxyl groups is 2. The van der Waals surface area contributed by atoms with Gasteiger partial charge in [-0.05, 0) is 84.9 Å². The number of rotatable bonds is 12. The predicted molar refractivity (Wildman–Crippen MR) is 187 cm³/mol. The van der Waals surface area contributed by atoms with Gasteiger partial charge in [-0.2, -0.15) is 0 Å². The van der Waals surface area contributed by atoms with Crippen molar-refractivity contribution in [3.8, 4) is 11.3 Å². The van der Waals surface area contributed by atoms with Crippen LogP contribution in [0.15, 0.2) is 71.2 Å². The number of para-hydroxylation sites is 1. The highest BCUT2D eigenvalue weighted by Crippen LogP contribution is 2.37. The van der Waals surface area contributed by atoms with Crippen LogP contribution in [0.4, 0.5) is 5.69 Å². The number of carbonyl (C=O) groups is 3. The van der Waals surface area contributed by atoms with Crippen molar-refractivity contribution in [2.24, 2.45) is 0 Å². The van der Waals surface area contributed by atoms with E-state index in [0.29, 0.717) is 31.5 Å². The number of aryl methyl sites for hydroxylation is 1. The van der Waals surface area contributed by atoms with Gasteiger partial charge >= 0.3 is 0 Å². The minimum absolute atomic E-state index is 0.0595. The summed E-state index contributed by atoms with van der Waals surface area (Å²) in [5.74, 6) is -0.629. The fourth-order valence-corrected chi connectivity index (χ4v) is 6.88. The van der Waals surface area contributed by atoms with Crippen molar-refractivity contribution in [3.05, 3.63) is 87.9 Å². The molecule has 1 aliphatic rings. The van der Waals surface area contributed by atoms with Crippen molar-refractivity contribution in [2.75, 3.05) is 24.7 Å². The second-order valence-electron chi connectivity index (χ2n) is 12.6. The van der Waals surface area contributed by atoms with Gasteiger partial charge in [0.2, 0.25) is 11.8 Å². The Morgan fingerprint density at radius 2 is 1.79 bits per heavy atom. The molecule has 0 spiro atoms. The molecule has 248 valence electrons. The predicted octanol–water partition coefficient (Wildman–Crippen LogP) is 4.42. The summed E-state index contributed by atoms with van der Waals surface area (Å²) in [7, 11) is 0. The summed E-state index contributed by atoms with van der Waals surface area (Å²) < 4.78 is 0.819. The molecule has 47 heavy (non-hydrogen) atoms. The van der Waals surface area contributed by atoms with Gasteiger partial charge in [0.15, 0.2) is 0 Å². The number of H-pyrrole nitrogens is 1. The van der Waals surface area contributed by atoms with E-state index in [1.54, 1.807) is 11.0 Å². The molecule has 5 rings (SSSR count). The van der Waals surface area contributed by atoms with Crippen LogP contribution in [-0.2, 0) is 22.6 Å². The molecule has 0 saturated carbocycles. The van der Waals surface area contributed by atoms with Gasteiger partial charge in [-0.3, -0.25) is 14.4 Å². The number of halogens is 1. The molecule has 2 heterocycles. The Balaban J connectivity index is 1.41. The standard InChI is InChI=1S/C36H42BrN5O5/c1-4-38-34(46)26-11-7-6-10-25(26)33-32(37)27-17-22(13-15-28(27)40-33)19-42-30-12-8-5-9-23(30)14-16-29(35(42)47)39-31(45)18-36(2,3)41-24(20-43)21-44/h5-13,15,17,24,29,40-41,43-44H,4,14,16,18-21H2,1-3H3,(H,38,46)(H,39,45). The number of fused-ring (bicyclic) bond motifs is 2. The van der Waals surface area contributed by atoms with Crippen LogP contribution in [0.3, 0.4) is 0 Å². The van der Waals surface area contributed by atoms with E-state index in [4.69, 9.17) is 0 Å². The smallest absolute Gasteiger partial charge is 0.251 e. The summed E-state index contributed by atoms with van der Waals surface area (Å²) in [6, 6.07) is 20.0. The zero-order chi connectivity index (χ0) is 33.7. The molecular formula is C36H42BrN5O5. The third-order valence-corrected chi connectivity index (χ3v) is 9.26. The van der Waals surface area contributed by atoms with Crippen molar-refractivity contribution >= 4 is 50.2 Å². The molecule has 0 saturated heterocycles. The summed E-state index contributed by atoms with van der Waals surface area (Å²) >= 11 is 3.78. The lowest BCUT2D eigenvalue weighted by Gasteiger charge is -2.31. The molecule has 0 radical (unpaired) electrons. The zero-order valence-electron chi connectivity index (χ0n) is 26.9. The number of aromatic nitrogens is 1. The molecule has 10 nitrogen and oxygen atoms in total. The van der Waals surface area contributed by atoms with E-state index in [9.17, 15) is 24.6 Å². The number of anilines is 1. The fraction of sp³-hybridized carbons (Fsp3) is 0.361. The van der Waals surface area contributed by atoms with Gasteiger partial charge in [0.25, 0.3) is 5.91 Å². The van der Waals surface area contributed by atoms with Gasteiger partial charge < -0.3 is 36.0 Å². The quantitative estimate of drug-likeness (QED) is 0.129. The summed E-state index contributed by atoms with van der Waals surface area (Å²) in [5, 5.41) is 28.8. The summed E-state index contributed by atoms with van der Waals surface area (Å²) in [4.78, 5) is 45.4. The molecule has 6 N–H and O–H groups in total. The molecule has 4 aromatic rings. The van der Waals surface area contributed by atoms with E-state index < -0.39 is 17.6 Å². The van der Waals surface area contributed by atoms with Gasteiger partial charge in [0.1, 0.15) is 6.04 Å². The number of aliphatic hydroxyl groups excluding tert-OH is 2. The highest BCUT2D eigenvalue weighted by Gasteiger charge is 2.33. The maximum atomic E-state index is 14.1. The van der Waals surface area contributed by atoms with Crippen LogP contribution < -0.4 is 20.9 Å². The van der Waals surface area contributed by atoms with Crippen LogP contribution in [0.5, 0.6) is 0 Å². The number of nitrogens with one attached hydrogen (secondary N) is 4. The Kier molecular flexibility index (Phi) is 10.8. The number of aromatic amines is 1. The fourth-order valence-electron chi connectivity index (χ4n) is 6.24. The molecule has 1 unspecified atom stereocenters. The normalized spacial score (nSPS) is 15.1. The number of carbonyl (C=O) groups excluding carboxylic acids is 3. The number of hydrogen-bond acceptors (Lipinski definition) is 6. The molecule has 1 atom stereocenters. The second kappa shape index (κ2) is 14.8. The Morgan fingerprint density at radius 1 is 1.06 bits per heavy atom. The Bertz CT molecular complexity index is 1770. The van der Waals surface area contributed by atoms with Crippen molar-refractivity contribution in [2.45, 2.75) is 64.2 Å². The summed E-state index contributed by atoms with van der Waals surface area (Å²) in [6.45, 7) is 5.83. The summed E-state index contributed by atoms with van der Waals surface area (Å²) in [6.07, 6.45) is 1.14. The van der Waals surface area contributed by atoms with Crippen molar-refractivity contribution in [3.63, 3.8) is 0 Å².